The van der Waals surface area contributed by atoms with Crippen LogP contribution in [0.4, 0.5) is 0 Å². The minimum absolute atomic E-state index is 0.0712. The molecule has 1 saturated heterocycles. The van der Waals surface area contributed by atoms with Crippen molar-refractivity contribution in [2.75, 3.05) is 46.1 Å². The Labute approximate surface area is 195 Å². The van der Waals surface area contributed by atoms with Crippen LogP contribution in [0.3, 0.4) is 0 Å². The predicted molar refractivity (Wildman–Crippen MR) is 128 cm³/mol. The molecule has 2 aromatic rings. The average molecular weight is 449 g/mol. The maximum Gasteiger partial charge on any atom is 0.231 e. The second-order valence-corrected chi connectivity index (χ2v) is 10.0. The molecule has 1 fully saturated rings. The van der Waals surface area contributed by atoms with Gasteiger partial charge in [-0.25, -0.2) is 0 Å². The smallest absolute Gasteiger partial charge is 0.231 e. The van der Waals surface area contributed by atoms with Crippen LogP contribution in [0.25, 0.3) is 6.08 Å². The minimum Gasteiger partial charge on any atom is -0.478 e. The Balaban J connectivity index is 1.32. The van der Waals surface area contributed by atoms with E-state index < -0.39 is 0 Å². The van der Waals surface area contributed by atoms with Crippen LogP contribution >= 0.6 is 0 Å². The summed E-state index contributed by atoms with van der Waals surface area (Å²) < 4.78 is 17.6. The van der Waals surface area contributed by atoms with Crippen LogP contribution in [0.1, 0.15) is 47.8 Å². The molecule has 0 unspecified atom stereocenters. The Kier molecular flexibility index (Phi) is 5.99. The number of allylic oxidation sites excluding steroid dienone is 1. The number of benzene rings is 2. The molecule has 2 aromatic carbocycles. The fraction of sp³-hybridized carbons (Fsp3) is 0.444. The van der Waals surface area contributed by atoms with Gasteiger partial charge in [-0.05, 0) is 34.8 Å². The number of hydrogen-bond donors (Lipinski definition) is 0. The summed E-state index contributed by atoms with van der Waals surface area (Å²) in [5, 5.41) is 0. The summed E-state index contributed by atoms with van der Waals surface area (Å²) >= 11 is 0. The lowest BCUT2D eigenvalue weighted by Crippen LogP contribution is -2.43. The highest BCUT2D eigenvalue weighted by atomic mass is 16.5. The third kappa shape index (κ3) is 4.69. The Morgan fingerprint density at radius 3 is 2.42 bits per heavy atom. The molecule has 174 valence electrons. The van der Waals surface area contributed by atoms with Crippen molar-refractivity contribution in [1.29, 1.82) is 0 Å². The molecule has 6 nitrogen and oxygen atoms in total. The summed E-state index contributed by atoms with van der Waals surface area (Å²) in [5.74, 6) is 1.75. The number of rotatable bonds is 4. The van der Waals surface area contributed by atoms with Crippen molar-refractivity contribution in [3.05, 3.63) is 64.4 Å². The number of nitrogens with zero attached hydrogens (tertiary/aromatic N) is 2. The molecule has 3 aliphatic heterocycles. The number of carbonyl (C=O) groups is 1. The van der Waals surface area contributed by atoms with Gasteiger partial charge < -0.3 is 14.2 Å². The Morgan fingerprint density at radius 1 is 0.970 bits per heavy atom. The van der Waals surface area contributed by atoms with Crippen LogP contribution in [0.2, 0.25) is 0 Å². The molecule has 3 heterocycles. The van der Waals surface area contributed by atoms with Gasteiger partial charge in [0.1, 0.15) is 18.2 Å². The van der Waals surface area contributed by atoms with Crippen molar-refractivity contribution in [2.45, 2.75) is 32.7 Å². The lowest BCUT2D eigenvalue weighted by atomic mass is 9.86. The van der Waals surface area contributed by atoms with E-state index in [9.17, 15) is 4.79 Å². The molecule has 5 rings (SSSR count). The maximum absolute atomic E-state index is 13.1. The Hall–Kier alpha value is -2.67. The second kappa shape index (κ2) is 8.93. The first-order chi connectivity index (χ1) is 15.9. The lowest BCUT2D eigenvalue weighted by Gasteiger charge is -2.33. The van der Waals surface area contributed by atoms with E-state index in [1.165, 1.54) is 5.56 Å². The number of carbonyl (C=O) groups excluding carboxylic acids is 1. The molecule has 0 aliphatic carbocycles. The normalized spacial score (nSPS) is 20.3. The summed E-state index contributed by atoms with van der Waals surface area (Å²) in [7, 11) is 0. The van der Waals surface area contributed by atoms with Gasteiger partial charge in [0.15, 0.2) is 5.76 Å². The fourth-order valence-electron chi connectivity index (χ4n) is 4.49. The summed E-state index contributed by atoms with van der Waals surface area (Å²) in [6.07, 6.45) is 1.83. The van der Waals surface area contributed by atoms with E-state index >= 15 is 0 Å². The standard InChI is InChI=1S/C27H32N2O4/c1-27(2,3)20-6-4-19(5-7-20)16-24-25(30)21-8-9-23-22(26(21)33-24)17-29(18-32-23)11-10-28-12-14-31-15-13-28/h4-9,16H,10-15,17-18H2,1-3H3/b24-16-. The third-order valence-corrected chi connectivity index (χ3v) is 6.59. The van der Waals surface area contributed by atoms with Crippen molar-refractivity contribution in [3.63, 3.8) is 0 Å². The molecule has 0 radical (unpaired) electrons. The number of hydrogen-bond acceptors (Lipinski definition) is 6. The highest BCUT2D eigenvalue weighted by Crippen LogP contribution is 2.42. The molecular weight excluding hydrogens is 416 g/mol. The molecule has 0 spiro atoms. The predicted octanol–water partition coefficient (Wildman–Crippen LogP) is 4.08. The first-order valence-corrected chi connectivity index (χ1v) is 11.7. The molecule has 0 saturated carbocycles. The molecule has 0 amide bonds. The number of Topliss-reactive ketones (excluding diaryl/α,β-unsaturated/α-hetero) is 1. The summed E-state index contributed by atoms with van der Waals surface area (Å²) in [4.78, 5) is 17.7. The first kappa shape index (κ1) is 22.1. The Morgan fingerprint density at radius 2 is 1.70 bits per heavy atom. The van der Waals surface area contributed by atoms with Crippen molar-refractivity contribution < 1.29 is 19.0 Å². The minimum atomic E-state index is -0.0712. The summed E-state index contributed by atoms with van der Waals surface area (Å²) in [5.41, 5.74) is 3.88. The van der Waals surface area contributed by atoms with Gasteiger partial charge in [-0.3, -0.25) is 14.6 Å². The first-order valence-electron chi connectivity index (χ1n) is 11.7. The largest absolute Gasteiger partial charge is 0.478 e. The van der Waals surface area contributed by atoms with E-state index in [4.69, 9.17) is 14.2 Å². The topological polar surface area (TPSA) is 51.2 Å². The van der Waals surface area contributed by atoms with E-state index in [0.717, 1.165) is 56.3 Å². The van der Waals surface area contributed by atoms with E-state index in [2.05, 4.69) is 42.7 Å². The molecule has 0 aromatic heterocycles. The zero-order valence-corrected chi connectivity index (χ0v) is 19.7. The zero-order valence-electron chi connectivity index (χ0n) is 19.7. The summed E-state index contributed by atoms with van der Waals surface area (Å²) in [6.45, 7) is 13.3. The number of ketones is 1. The summed E-state index contributed by atoms with van der Waals surface area (Å²) in [6, 6.07) is 12.0. The average Bonchev–Trinajstić information content (AvgIpc) is 3.13. The van der Waals surface area contributed by atoms with Crippen molar-refractivity contribution in [3.8, 4) is 11.5 Å². The van der Waals surface area contributed by atoms with Crippen molar-refractivity contribution in [2.24, 2.45) is 0 Å². The molecule has 6 heteroatoms. The van der Waals surface area contributed by atoms with Crippen LogP contribution in [0.5, 0.6) is 11.5 Å². The highest BCUT2D eigenvalue weighted by Gasteiger charge is 2.33. The quantitative estimate of drug-likeness (QED) is 0.657. The van der Waals surface area contributed by atoms with Crippen LogP contribution < -0.4 is 9.47 Å². The van der Waals surface area contributed by atoms with Crippen molar-refractivity contribution in [1.82, 2.24) is 9.80 Å². The van der Waals surface area contributed by atoms with Gasteiger partial charge in [-0.1, -0.05) is 45.0 Å². The van der Waals surface area contributed by atoms with Gasteiger partial charge in [0, 0.05) is 32.7 Å². The monoisotopic (exact) mass is 448 g/mol. The van der Waals surface area contributed by atoms with E-state index in [1.807, 2.05) is 30.3 Å². The van der Waals surface area contributed by atoms with Gasteiger partial charge in [0.25, 0.3) is 0 Å². The highest BCUT2D eigenvalue weighted by molar-refractivity contribution is 6.15. The van der Waals surface area contributed by atoms with E-state index in [1.54, 1.807) is 0 Å². The van der Waals surface area contributed by atoms with Crippen LogP contribution in [0, 0.1) is 0 Å². The van der Waals surface area contributed by atoms with Gasteiger partial charge in [-0.15, -0.1) is 0 Å². The number of fused-ring (bicyclic) bond motifs is 3. The van der Waals surface area contributed by atoms with E-state index in [0.29, 0.717) is 30.3 Å². The second-order valence-electron chi connectivity index (χ2n) is 10.0. The van der Waals surface area contributed by atoms with Crippen molar-refractivity contribution >= 4 is 11.9 Å². The molecule has 0 bridgehead atoms. The Bertz CT molecular complexity index is 1060. The zero-order chi connectivity index (χ0) is 23.0. The lowest BCUT2D eigenvalue weighted by molar-refractivity contribution is 0.0239. The molecule has 33 heavy (non-hydrogen) atoms. The van der Waals surface area contributed by atoms with E-state index in [-0.39, 0.29) is 11.2 Å². The third-order valence-electron chi connectivity index (χ3n) is 6.59. The SMILES string of the molecule is CC(C)(C)c1ccc(/C=C2\Oc3c(ccc4c3CN(CCN3CCOCC3)CO4)C2=O)cc1. The molecule has 0 atom stereocenters. The molecular formula is C27H32N2O4. The van der Waals surface area contributed by atoms with Crippen LogP contribution in [-0.4, -0.2) is 61.7 Å². The molecule has 3 aliphatic rings. The van der Waals surface area contributed by atoms with Gasteiger partial charge >= 0.3 is 0 Å². The van der Waals surface area contributed by atoms with Gasteiger partial charge in [-0.2, -0.15) is 0 Å². The van der Waals surface area contributed by atoms with Gasteiger partial charge in [0.2, 0.25) is 5.78 Å². The number of morpholine rings is 1. The maximum atomic E-state index is 13.1. The number of ether oxygens (including phenoxy) is 3. The fourth-order valence-corrected chi connectivity index (χ4v) is 4.49. The van der Waals surface area contributed by atoms with Gasteiger partial charge in [0.05, 0.1) is 24.3 Å². The molecule has 0 N–H and O–H groups in total. The van der Waals surface area contributed by atoms with Crippen LogP contribution in [0.15, 0.2) is 42.2 Å². The van der Waals surface area contributed by atoms with Crippen LogP contribution in [-0.2, 0) is 16.7 Å².